The number of carbonyl (C=O) groups is 2. The largest absolute Gasteiger partial charge is 0.481 e. The van der Waals surface area contributed by atoms with E-state index in [2.05, 4.69) is 5.32 Å². The van der Waals surface area contributed by atoms with Crippen LogP contribution in [0.4, 0.5) is 10.5 Å². The van der Waals surface area contributed by atoms with E-state index in [9.17, 15) is 14.7 Å². The van der Waals surface area contributed by atoms with Crippen molar-refractivity contribution in [2.24, 2.45) is 0 Å². The van der Waals surface area contributed by atoms with E-state index in [4.69, 9.17) is 5.11 Å². The zero-order valence-electron chi connectivity index (χ0n) is 11.8. The molecular formula is C15H20N2O4. The number of carboxylic acids is 1. The fourth-order valence-corrected chi connectivity index (χ4v) is 2.60. The molecular weight excluding hydrogens is 272 g/mol. The number of nitrogens with one attached hydrogen (secondary N) is 1. The first-order chi connectivity index (χ1) is 10.1. The standard InChI is InChI=1S/C15H20N2O4/c18-10-12-6-3-4-8-17(12)15(21)16-13-7-2-1-5-11(13)9-14(19)20/h1-2,5,7,12,18H,3-4,6,8-10H2,(H,16,21)(H,19,20). The first kappa shape index (κ1) is 15.3. The van der Waals surface area contributed by atoms with Gasteiger partial charge in [0.05, 0.1) is 19.1 Å². The maximum absolute atomic E-state index is 12.3. The van der Waals surface area contributed by atoms with Gasteiger partial charge in [-0.2, -0.15) is 0 Å². The number of nitrogens with zero attached hydrogens (tertiary/aromatic N) is 1. The van der Waals surface area contributed by atoms with Gasteiger partial charge < -0.3 is 20.4 Å². The molecule has 0 spiro atoms. The molecule has 0 aliphatic carbocycles. The number of aliphatic carboxylic acids is 1. The Labute approximate surface area is 123 Å². The van der Waals surface area contributed by atoms with Crippen LogP contribution >= 0.6 is 0 Å². The Bertz CT molecular complexity index is 518. The minimum atomic E-state index is -0.942. The minimum Gasteiger partial charge on any atom is -0.481 e. The molecule has 1 aromatic rings. The molecule has 1 atom stereocenters. The summed E-state index contributed by atoms with van der Waals surface area (Å²) in [7, 11) is 0. The number of aliphatic hydroxyl groups excluding tert-OH is 1. The minimum absolute atomic E-state index is 0.0514. The number of likely N-dealkylation sites (tertiary alicyclic amines) is 1. The third-order valence-electron chi connectivity index (χ3n) is 3.70. The number of rotatable bonds is 4. The molecule has 1 aliphatic heterocycles. The highest BCUT2D eigenvalue weighted by Gasteiger charge is 2.26. The summed E-state index contributed by atoms with van der Waals surface area (Å²) >= 11 is 0. The van der Waals surface area contributed by atoms with Crippen molar-refractivity contribution in [3.05, 3.63) is 29.8 Å². The SMILES string of the molecule is O=C(O)Cc1ccccc1NC(=O)N1CCCCC1CO. The number of urea groups is 1. The number of anilines is 1. The fourth-order valence-electron chi connectivity index (χ4n) is 2.60. The fraction of sp³-hybridized carbons (Fsp3) is 0.467. The summed E-state index contributed by atoms with van der Waals surface area (Å²) in [5.41, 5.74) is 1.07. The van der Waals surface area contributed by atoms with E-state index in [1.165, 1.54) is 0 Å². The van der Waals surface area contributed by atoms with E-state index in [0.29, 0.717) is 17.8 Å². The van der Waals surface area contributed by atoms with Gasteiger partial charge >= 0.3 is 12.0 Å². The smallest absolute Gasteiger partial charge is 0.322 e. The summed E-state index contributed by atoms with van der Waals surface area (Å²) in [6.07, 6.45) is 2.58. The Kier molecular flexibility index (Phi) is 5.16. The molecule has 0 bridgehead atoms. The molecule has 1 fully saturated rings. The van der Waals surface area contributed by atoms with Crippen LogP contribution < -0.4 is 5.32 Å². The first-order valence-electron chi connectivity index (χ1n) is 7.10. The molecule has 0 saturated carbocycles. The summed E-state index contributed by atoms with van der Waals surface area (Å²) < 4.78 is 0. The number of hydrogen-bond acceptors (Lipinski definition) is 3. The monoisotopic (exact) mass is 292 g/mol. The molecule has 6 heteroatoms. The van der Waals surface area contributed by atoms with Crippen LogP contribution in [0.1, 0.15) is 24.8 Å². The van der Waals surface area contributed by atoms with Crippen molar-refractivity contribution in [1.29, 1.82) is 0 Å². The summed E-state index contributed by atoms with van der Waals surface area (Å²) in [6.45, 7) is 0.558. The highest BCUT2D eigenvalue weighted by Crippen LogP contribution is 2.20. The number of benzene rings is 1. The van der Waals surface area contributed by atoms with Crippen LogP contribution in [0.5, 0.6) is 0 Å². The van der Waals surface area contributed by atoms with Crippen LogP contribution in [0.2, 0.25) is 0 Å². The Hall–Kier alpha value is -2.08. The molecule has 114 valence electrons. The molecule has 1 unspecified atom stereocenters. The van der Waals surface area contributed by atoms with Crippen molar-refractivity contribution >= 4 is 17.7 Å². The molecule has 1 aromatic carbocycles. The molecule has 0 radical (unpaired) electrons. The van der Waals surface area contributed by atoms with E-state index in [-0.39, 0.29) is 25.1 Å². The topological polar surface area (TPSA) is 89.9 Å². The Morgan fingerprint density at radius 3 is 2.76 bits per heavy atom. The van der Waals surface area contributed by atoms with Crippen molar-refractivity contribution < 1.29 is 19.8 Å². The van der Waals surface area contributed by atoms with Crippen LogP contribution in [-0.2, 0) is 11.2 Å². The van der Waals surface area contributed by atoms with E-state index in [0.717, 1.165) is 19.3 Å². The molecule has 2 rings (SSSR count). The van der Waals surface area contributed by atoms with Crippen LogP contribution in [-0.4, -0.2) is 46.3 Å². The lowest BCUT2D eigenvalue weighted by atomic mass is 10.0. The van der Waals surface area contributed by atoms with Crippen molar-refractivity contribution in [2.75, 3.05) is 18.5 Å². The molecule has 3 N–H and O–H groups in total. The Morgan fingerprint density at radius 2 is 2.05 bits per heavy atom. The van der Waals surface area contributed by atoms with Gasteiger partial charge in [-0.15, -0.1) is 0 Å². The lowest BCUT2D eigenvalue weighted by Crippen LogP contribution is -2.47. The number of amides is 2. The van der Waals surface area contributed by atoms with Crippen LogP contribution in [0.25, 0.3) is 0 Å². The second-order valence-corrected chi connectivity index (χ2v) is 5.18. The summed E-state index contributed by atoms with van der Waals surface area (Å²) in [6, 6.07) is 6.42. The lowest BCUT2D eigenvalue weighted by Gasteiger charge is -2.34. The molecule has 1 aliphatic rings. The van der Waals surface area contributed by atoms with Crippen molar-refractivity contribution in [3.8, 4) is 0 Å². The van der Waals surface area contributed by atoms with Gasteiger partial charge in [0.1, 0.15) is 0 Å². The molecule has 1 heterocycles. The molecule has 1 saturated heterocycles. The van der Waals surface area contributed by atoms with Gasteiger partial charge in [-0.25, -0.2) is 4.79 Å². The predicted octanol–water partition coefficient (Wildman–Crippen LogP) is 1.69. The second kappa shape index (κ2) is 7.08. The van der Waals surface area contributed by atoms with Crippen LogP contribution in [0, 0.1) is 0 Å². The third kappa shape index (κ3) is 3.95. The average molecular weight is 292 g/mol. The highest BCUT2D eigenvalue weighted by molar-refractivity contribution is 5.91. The van der Waals surface area contributed by atoms with Crippen molar-refractivity contribution in [1.82, 2.24) is 4.90 Å². The Balaban J connectivity index is 2.10. The zero-order chi connectivity index (χ0) is 15.2. The van der Waals surface area contributed by atoms with Crippen molar-refractivity contribution in [3.63, 3.8) is 0 Å². The van der Waals surface area contributed by atoms with Gasteiger partial charge in [-0.05, 0) is 30.9 Å². The maximum atomic E-state index is 12.3. The second-order valence-electron chi connectivity index (χ2n) is 5.18. The third-order valence-corrected chi connectivity index (χ3v) is 3.70. The van der Waals surface area contributed by atoms with E-state index in [1.807, 2.05) is 0 Å². The molecule has 0 aromatic heterocycles. The van der Waals surface area contributed by atoms with Gasteiger partial charge in [-0.1, -0.05) is 18.2 Å². The number of para-hydroxylation sites is 1. The number of carboxylic acid groups (broad SMARTS) is 1. The molecule has 21 heavy (non-hydrogen) atoms. The number of hydrogen-bond donors (Lipinski definition) is 3. The van der Waals surface area contributed by atoms with Gasteiger partial charge in [0.2, 0.25) is 0 Å². The van der Waals surface area contributed by atoms with E-state index in [1.54, 1.807) is 29.2 Å². The molecule has 2 amide bonds. The number of aliphatic hydroxyl groups is 1. The first-order valence-corrected chi connectivity index (χ1v) is 7.10. The normalized spacial score (nSPS) is 18.3. The van der Waals surface area contributed by atoms with Gasteiger partial charge in [0.25, 0.3) is 0 Å². The predicted molar refractivity (Wildman–Crippen MR) is 78.2 cm³/mol. The zero-order valence-corrected chi connectivity index (χ0v) is 11.8. The van der Waals surface area contributed by atoms with Crippen LogP contribution in [0.15, 0.2) is 24.3 Å². The Morgan fingerprint density at radius 1 is 1.29 bits per heavy atom. The summed E-state index contributed by atoms with van der Waals surface area (Å²) in [5, 5.41) is 21.0. The summed E-state index contributed by atoms with van der Waals surface area (Å²) in [4.78, 5) is 24.8. The quantitative estimate of drug-likeness (QED) is 0.787. The van der Waals surface area contributed by atoms with Crippen molar-refractivity contribution in [2.45, 2.75) is 31.7 Å². The maximum Gasteiger partial charge on any atom is 0.322 e. The average Bonchev–Trinajstić information content (AvgIpc) is 2.48. The van der Waals surface area contributed by atoms with E-state index >= 15 is 0 Å². The van der Waals surface area contributed by atoms with Gasteiger partial charge in [0.15, 0.2) is 0 Å². The summed E-state index contributed by atoms with van der Waals surface area (Å²) in [5.74, 6) is -0.942. The van der Waals surface area contributed by atoms with Gasteiger partial charge in [-0.3, -0.25) is 4.79 Å². The highest BCUT2D eigenvalue weighted by atomic mass is 16.4. The van der Waals surface area contributed by atoms with Gasteiger partial charge in [0, 0.05) is 12.2 Å². The lowest BCUT2D eigenvalue weighted by molar-refractivity contribution is -0.136. The molecule has 6 nitrogen and oxygen atoms in total. The van der Waals surface area contributed by atoms with Crippen LogP contribution in [0.3, 0.4) is 0 Å². The number of carbonyl (C=O) groups excluding carboxylic acids is 1. The van der Waals surface area contributed by atoms with E-state index < -0.39 is 5.97 Å². The number of piperidine rings is 1.